The summed E-state index contributed by atoms with van der Waals surface area (Å²) in [5, 5.41) is 11.4. The molecule has 0 saturated carbocycles. The van der Waals surface area contributed by atoms with Crippen molar-refractivity contribution in [1.29, 1.82) is 0 Å². The topological polar surface area (TPSA) is 65.1 Å². The van der Waals surface area contributed by atoms with Crippen molar-refractivity contribution in [2.24, 2.45) is 7.05 Å². The molecule has 0 aliphatic heterocycles. The minimum atomic E-state index is -0.0680. The van der Waals surface area contributed by atoms with E-state index in [9.17, 15) is 4.79 Å². The third-order valence-electron chi connectivity index (χ3n) is 4.94. The van der Waals surface area contributed by atoms with Gasteiger partial charge in [0, 0.05) is 12.4 Å². The molecule has 28 heavy (non-hydrogen) atoms. The molecule has 0 saturated heterocycles. The second kappa shape index (κ2) is 6.45. The fraction of sp³-hybridized carbons (Fsp3) is 0.143. The fourth-order valence-corrected chi connectivity index (χ4v) is 4.40. The standard InChI is InChI=1S/C21H17N5OS/c1-13-11-19(22-16-9-5-3-7-14(13)16)28-12-18-23-24-21-25(2)20(27)15-8-4-6-10-17(15)26(18)21/h3-11H,12H2,1-2H3. The molecule has 0 bridgehead atoms. The largest absolute Gasteiger partial charge is 0.279 e. The molecule has 7 heteroatoms. The van der Waals surface area contributed by atoms with Gasteiger partial charge in [0.1, 0.15) is 5.82 Å². The van der Waals surface area contributed by atoms with E-state index < -0.39 is 0 Å². The van der Waals surface area contributed by atoms with Gasteiger partial charge in [-0.25, -0.2) is 4.98 Å². The second-order valence-corrected chi connectivity index (χ2v) is 7.71. The molecule has 5 aromatic rings. The van der Waals surface area contributed by atoms with E-state index in [-0.39, 0.29) is 5.56 Å². The number of nitrogens with zero attached hydrogens (tertiary/aromatic N) is 5. The Morgan fingerprint density at radius 3 is 2.61 bits per heavy atom. The van der Waals surface area contributed by atoms with E-state index >= 15 is 0 Å². The zero-order chi connectivity index (χ0) is 19.3. The van der Waals surface area contributed by atoms with Crippen LogP contribution in [0.3, 0.4) is 0 Å². The predicted octanol–water partition coefficient (Wildman–Crippen LogP) is 3.73. The summed E-state index contributed by atoms with van der Waals surface area (Å²) >= 11 is 1.62. The van der Waals surface area contributed by atoms with Crippen molar-refractivity contribution in [3.05, 3.63) is 76.3 Å². The summed E-state index contributed by atoms with van der Waals surface area (Å²) in [7, 11) is 1.73. The van der Waals surface area contributed by atoms with E-state index in [1.807, 2.05) is 46.9 Å². The van der Waals surface area contributed by atoms with Crippen molar-refractivity contribution in [2.75, 3.05) is 0 Å². The Balaban J connectivity index is 1.59. The molecule has 138 valence electrons. The first-order valence-corrected chi connectivity index (χ1v) is 9.93. The molecule has 0 atom stereocenters. The van der Waals surface area contributed by atoms with Gasteiger partial charge in [0.2, 0.25) is 5.78 Å². The van der Waals surface area contributed by atoms with Crippen LogP contribution in [-0.4, -0.2) is 24.1 Å². The van der Waals surface area contributed by atoms with Gasteiger partial charge in [-0.05, 0) is 36.8 Å². The number of benzene rings is 2. The Hall–Kier alpha value is -3.19. The van der Waals surface area contributed by atoms with E-state index in [0.29, 0.717) is 16.9 Å². The number of aromatic nitrogens is 5. The lowest BCUT2D eigenvalue weighted by Gasteiger charge is -2.08. The van der Waals surface area contributed by atoms with Crippen molar-refractivity contribution in [3.8, 4) is 0 Å². The summed E-state index contributed by atoms with van der Waals surface area (Å²) in [5.41, 5.74) is 2.95. The van der Waals surface area contributed by atoms with Gasteiger partial charge in [0.25, 0.3) is 5.56 Å². The van der Waals surface area contributed by atoms with Crippen LogP contribution in [0.1, 0.15) is 11.4 Å². The van der Waals surface area contributed by atoms with Crippen molar-refractivity contribution < 1.29 is 0 Å². The summed E-state index contributed by atoms with van der Waals surface area (Å²) < 4.78 is 3.50. The van der Waals surface area contributed by atoms with Gasteiger partial charge in [-0.2, -0.15) is 0 Å². The van der Waals surface area contributed by atoms with E-state index in [2.05, 4.69) is 29.3 Å². The highest BCUT2D eigenvalue weighted by Gasteiger charge is 2.15. The number of thioether (sulfide) groups is 1. The average Bonchev–Trinajstić information content (AvgIpc) is 3.15. The summed E-state index contributed by atoms with van der Waals surface area (Å²) in [6.07, 6.45) is 0. The SMILES string of the molecule is Cc1cc(SCc2nnc3n(C)c(=O)c4ccccc4n23)nc2ccccc12. The lowest BCUT2D eigenvalue weighted by atomic mass is 10.1. The Kier molecular flexibility index (Phi) is 3.91. The Morgan fingerprint density at radius 2 is 1.75 bits per heavy atom. The summed E-state index contributed by atoms with van der Waals surface area (Å²) in [6, 6.07) is 17.8. The van der Waals surface area contributed by atoms with Crippen LogP contribution < -0.4 is 5.56 Å². The normalized spacial score (nSPS) is 11.6. The van der Waals surface area contributed by atoms with Gasteiger partial charge in [-0.15, -0.1) is 10.2 Å². The molecule has 0 spiro atoms. The third kappa shape index (κ3) is 2.58. The predicted molar refractivity (Wildman–Crippen MR) is 112 cm³/mol. The van der Waals surface area contributed by atoms with Crippen molar-refractivity contribution in [1.82, 2.24) is 24.1 Å². The summed E-state index contributed by atoms with van der Waals surface area (Å²) in [6.45, 7) is 2.10. The number of rotatable bonds is 3. The van der Waals surface area contributed by atoms with Crippen LogP contribution in [0.5, 0.6) is 0 Å². The second-order valence-electron chi connectivity index (χ2n) is 6.72. The average molecular weight is 387 g/mol. The van der Waals surface area contributed by atoms with Crippen LogP contribution in [-0.2, 0) is 12.8 Å². The lowest BCUT2D eigenvalue weighted by Crippen LogP contribution is -2.20. The first-order valence-electron chi connectivity index (χ1n) is 8.94. The maximum absolute atomic E-state index is 12.6. The van der Waals surface area contributed by atoms with Crippen LogP contribution in [0, 0.1) is 6.92 Å². The summed E-state index contributed by atoms with van der Waals surface area (Å²) in [4.78, 5) is 17.3. The number of hydrogen-bond acceptors (Lipinski definition) is 5. The van der Waals surface area contributed by atoms with Crippen molar-refractivity contribution >= 4 is 39.3 Å². The number of pyridine rings is 1. The van der Waals surface area contributed by atoms with Gasteiger partial charge in [0.15, 0.2) is 0 Å². The molecule has 0 fully saturated rings. The molecule has 3 heterocycles. The number of aryl methyl sites for hydroxylation is 2. The minimum absolute atomic E-state index is 0.0680. The molecule has 2 aromatic carbocycles. The highest BCUT2D eigenvalue weighted by Crippen LogP contribution is 2.26. The number of fused-ring (bicyclic) bond motifs is 4. The fourth-order valence-electron chi connectivity index (χ4n) is 3.52. The molecule has 0 radical (unpaired) electrons. The molecule has 5 rings (SSSR count). The van der Waals surface area contributed by atoms with Crippen molar-refractivity contribution in [3.63, 3.8) is 0 Å². The maximum atomic E-state index is 12.6. The van der Waals surface area contributed by atoms with Gasteiger partial charge in [0.05, 0.1) is 27.2 Å². The highest BCUT2D eigenvalue weighted by atomic mass is 32.2. The Morgan fingerprint density at radius 1 is 1.00 bits per heavy atom. The third-order valence-corrected chi connectivity index (χ3v) is 5.85. The van der Waals surface area contributed by atoms with Crippen molar-refractivity contribution in [2.45, 2.75) is 17.7 Å². The van der Waals surface area contributed by atoms with Gasteiger partial charge >= 0.3 is 0 Å². The van der Waals surface area contributed by atoms with Crippen LogP contribution >= 0.6 is 11.8 Å². The van der Waals surface area contributed by atoms with Crippen LogP contribution in [0.4, 0.5) is 0 Å². The highest BCUT2D eigenvalue weighted by molar-refractivity contribution is 7.98. The first-order chi connectivity index (χ1) is 13.6. The quantitative estimate of drug-likeness (QED) is 0.441. The summed E-state index contributed by atoms with van der Waals surface area (Å²) in [5.74, 6) is 1.94. The zero-order valence-electron chi connectivity index (χ0n) is 15.5. The van der Waals surface area contributed by atoms with Gasteiger partial charge < -0.3 is 0 Å². The van der Waals surface area contributed by atoms with Crippen LogP contribution in [0.25, 0.3) is 27.6 Å². The molecule has 0 unspecified atom stereocenters. The molecule has 0 amide bonds. The molecule has 0 aliphatic carbocycles. The Bertz CT molecular complexity index is 1420. The van der Waals surface area contributed by atoms with E-state index in [4.69, 9.17) is 4.98 Å². The molecule has 0 N–H and O–H groups in total. The van der Waals surface area contributed by atoms with E-state index in [0.717, 1.165) is 21.9 Å². The molecular weight excluding hydrogens is 370 g/mol. The zero-order valence-corrected chi connectivity index (χ0v) is 16.3. The van der Waals surface area contributed by atoms with E-state index in [1.54, 1.807) is 23.4 Å². The monoisotopic (exact) mass is 387 g/mol. The molecule has 3 aromatic heterocycles. The number of para-hydroxylation sites is 2. The van der Waals surface area contributed by atoms with Crippen LogP contribution in [0.2, 0.25) is 0 Å². The minimum Gasteiger partial charge on any atom is -0.279 e. The number of hydrogen-bond donors (Lipinski definition) is 0. The van der Waals surface area contributed by atoms with Gasteiger partial charge in [-0.3, -0.25) is 13.8 Å². The van der Waals surface area contributed by atoms with E-state index in [1.165, 1.54) is 10.9 Å². The lowest BCUT2D eigenvalue weighted by molar-refractivity contribution is 0.857. The first kappa shape index (κ1) is 16.9. The smallest absolute Gasteiger partial charge is 0.262 e. The molecular formula is C21H17N5OS. The van der Waals surface area contributed by atoms with Gasteiger partial charge in [-0.1, -0.05) is 42.1 Å². The molecule has 6 nitrogen and oxygen atoms in total. The Labute approximate surface area is 164 Å². The molecule has 0 aliphatic rings. The maximum Gasteiger partial charge on any atom is 0.262 e. The van der Waals surface area contributed by atoms with Crippen LogP contribution in [0.15, 0.2) is 64.4 Å².